The van der Waals surface area contributed by atoms with Crippen LogP contribution in [-0.4, -0.2) is 154 Å². The summed E-state index contributed by atoms with van der Waals surface area (Å²) in [5, 5.41) is 42.2. The molecule has 1 aromatic carbocycles. The molecule has 0 unspecified atom stereocenters. The van der Waals surface area contributed by atoms with E-state index in [1.165, 1.54) is 6.92 Å². The first kappa shape index (κ1) is 56.7. The molecule has 18 atom stereocenters. The first-order valence-corrected chi connectivity index (χ1v) is 31.0. The Hall–Kier alpha value is -1.85. The third-order valence-electron chi connectivity index (χ3n) is 13.8. The van der Waals surface area contributed by atoms with Crippen molar-refractivity contribution in [2.45, 2.75) is 218 Å². The van der Waals surface area contributed by atoms with Gasteiger partial charge in [-0.05, 0) is 126 Å². The molecule has 66 heavy (non-hydrogen) atoms. The molecule has 0 amide bonds. The molecule has 0 aliphatic carbocycles. The number of ether oxygens (including phenoxy) is 6. The van der Waals surface area contributed by atoms with Gasteiger partial charge in [-0.15, -0.1) is 0 Å². The van der Waals surface area contributed by atoms with Gasteiger partial charge in [-0.25, -0.2) is 0 Å². The van der Waals surface area contributed by atoms with Crippen LogP contribution >= 0.6 is 0 Å². The van der Waals surface area contributed by atoms with E-state index in [1.807, 2.05) is 66.9 Å². The van der Waals surface area contributed by atoms with Crippen molar-refractivity contribution in [2.24, 2.45) is 28.8 Å². The van der Waals surface area contributed by atoms with Gasteiger partial charge in [0.05, 0.1) is 59.5 Å². The van der Waals surface area contributed by atoms with Crippen LogP contribution in [0.15, 0.2) is 35.5 Å². The SMILES string of the molecule is CC[C@H]1OC(=O)[C@H](C)[C@@H](O[C@H]2C[C@@](C)(OC)[C@@H](O[Si](C)(C)C)[C@H](C)O2)[C@H](C)[C@@H](O[C@@H]2O[C@H](C)C[C@H](N(C)C)[C@H]2O[Si](C)(C)C)[C@](C)(O)C[C@H](C)/C(=N\Oc2ccccc2)[C@H](C)[C@@H](O)[C@]1(C)O. The number of carbonyl (C=O) groups is 1. The molecule has 3 N–H and O–H groups in total. The van der Waals surface area contributed by atoms with Crippen LogP contribution in [0.5, 0.6) is 5.75 Å². The summed E-state index contributed by atoms with van der Waals surface area (Å²) in [5.74, 6) is -3.35. The van der Waals surface area contributed by atoms with E-state index in [1.54, 1.807) is 46.9 Å². The van der Waals surface area contributed by atoms with Gasteiger partial charge in [0.25, 0.3) is 0 Å². The number of hydrogen-bond acceptors (Lipinski definition) is 15. The van der Waals surface area contributed by atoms with E-state index in [0.29, 0.717) is 17.9 Å². The molecule has 17 heteroatoms. The number of esters is 1. The van der Waals surface area contributed by atoms with Gasteiger partial charge in [-0.1, -0.05) is 51.0 Å². The number of rotatable bonds is 13. The zero-order chi connectivity index (χ0) is 49.9. The molecule has 15 nitrogen and oxygen atoms in total. The van der Waals surface area contributed by atoms with Crippen LogP contribution in [0.3, 0.4) is 0 Å². The number of para-hydroxylation sites is 1. The van der Waals surface area contributed by atoms with Crippen LogP contribution < -0.4 is 4.84 Å². The third kappa shape index (κ3) is 14.2. The summed E-state index contributed by atoms with van der Waals surface area (Å²) >= 11 is 0. The number of methoxy groups -OCH3 is 1. The molecule has 3 saturated heterocycles. The van der Waals surface area contributed by atoms with Gasteiger partial charge in [0.2, 0.25) is 0 Å². The minimum atomic E-state index is -2.22. The minimum absolute atomic E-state index is 0.0499. The van der Waals surface area contributed by atoms with Gasteiger partial charge in [0.15, 0.2) is 35.0 Å². The lowest BCUT2D eigenvalue weighted by Gasteiger charge is -2.51. The van der Waals surface area contributed by atoms with Crippen molar-refractivity contribution < 1.29 is 62.2 Å². The van der Waals surface area contributed by atoms with Gasteiger partial charge < -0.3 is 62.3 Å². The van der Waals surface area contributed by atoms with E-state index in [4.69, 9.17) is 42.1 Å². The van der Waals surface area contributed by atoms with E-state index in [9.17, 15) is 20.1 Å². The summed E-state index contributed by atoms with van der Waals surface area (Å²) in [6, 6.07) is 8.97. The Morgan fingerprint density at radius 2 is 1.44 bits per heavy atom. The monoisotopic (exact) mass is 969 g/mol. The maximum Gasteiger partial charge on any atom is 0.311 e. The normalized spacial score (nSPS) is 42.2. The van der Waals surface area contributed by atoms with Gasteiger partial charge in [0, 0.05) is 37.3 Å². The van der Waals surface area contributed by atoms with Gasteiger partial charge in [-0.3, -0.25) is 4.79 Å². The number of benzene rings is 1. The quantitative estimate of drug-likeness (QED) is 0.102. The molecule has 380 valence electrons. The summed E-state index contributed by atoms with van der Waals surface area (Å²) in [4.78, 5) is 22.8. The summed E-state index contributed by atoms with van der Waals surface area (Å²) in [5.41, 5.74) is -4.07. The highest BCUT2D eigenvalue weighted by Gasteiger charge is 2.54. The number of nitrogens with zero attached hydrogens (tertiary/aromatic N) is 2. The Balaban J connectivity index is 1.94. The zero-order valence-corrected chi connectivity index (χ0v) is 45.7. The Labute approximate surface area is 398 Å². The average Bonchev–Trinajstić information content (AvgIpc) is 3.21. The summed E-state index contributed by atoms with van der Waals surface area (Å²) in [6.07, 6.45) is -6.88. The molecule has 0 bridgehead atoms. The molecule has 4 rings (SSSR count). The number of likely N-dealkylation sites (N-methyl/N-ethyl adjacent to an activating group) is 1. The largest absolute Gasteiger partial charge is 0.459 e. The van der Waals surface area contributed by atoms with Gasteiger partial charge in [0.1, 0.15) is 17.8 Å². The number of carbonyl (C=O) groups excluding carboxylic acids is 1. The van der Waals surface area contributed by atoms with Crippen molar-refractivity contribution in [3.05, 3.63) is 30.3 Å². The Morgan fingerprint density at radius 1 is 0.833 bits per heavy atom. The van der Waals surface area contributed by atoms with E-state index < -0.39 is 118 Å². The van der Waals surface area contributed by atoms with Crippen LogP contribution in [-0.2, 0) is 42.1 Å². The Bertz CT molecular complexity index is 1720. The fraction of sp³-hybridized carbons (Fsp3) is 0.837. The maximum atomic E-state index is 14.7. The fourth-order valence-electron chi connectivity index (χ4n) is 10.3. The number of aliphatic hydroxyl groups excluding tert-OH is 1. The highest BCUT2D eigenvalue weighted by atomic mass is 28.4. The Morgan fingerprint density at radius 3 is 1.98 bits per heavy atom. The highest BCUT2D eigenvalue weighted by molar-refractivity contribution is 6.70. The molecule has 1 aromatic rings. The van der Waals surface area contributed by atoms with Crippen LogP contribution in [0.2, 0.25) is 39.3 Å². The summed E-state index contributed by atoms with van der Waals surface area (Å²) in [6.45, 7) is 30.9. The fourth-order valence-corrected chi connectivity index (χ4v) is 12.6. The lowest BCUT2D eigenvalue weighted by Crippen LogP contribution is -2.62. The number of aliphatic hydroxyl groups is 3. The van der Waals surface area contributed by atoms with Crippen LogP contribution in [0, 0.1) is 23.7 Å². The number of cyclic esters (lactones) is 1. The second-order valence-corrected chi connectivity index (χ2v) is 31.3. The second kappa shape index (κ2) is 22.5. The molecule has 0 saturated carbocycles. The first-order valence-electron chi connectivity index (χ1n) is 24.2. The van der Waals surface area contributed by atoms with E-state index in [0.717, 1.165) is 0 Å². The molecular formula is C49H88N2O13Si2. The van der Waals surface area contributed by atoms with Crippen molar-refractivity contribution in [3.63, 3.8) is 0 Å². The summed E-state index contributed by atoms with van der Waals surface area (Å²) < 4.78 is 53.6. The Kier molecular flexibility index (Phi) is 19.3. The molecule has 3 heterocycles. The van der Waals surface area contributed by atoms with E-state index >= 15 is 0 Å². The van der Waals surface area contributed by atoms with E-state index in [-0.39, 0.29) is 31.4 Å². The third-order valence-corrected chi connectivity index (χ3v) is 15.7. The molecule has 3 aliphatic heterocycles. The summed E-state index contributed by atoms with van der Waals surface area (Å²) in [7, 11) is 1.42. The molecule has 0 radical (unpaired) electrons. The van der Waals surface area contributed by atoms with Crippen molar-refractivity contribution in [2.75, 3.05) is 21.2 Å². The average molecular weight is 969 g/mol. The second-order valence-electron chi connectivity index (χ2n) is 22.4. The topological polar surface area (TPSA) is 176 Å². The van der Waals surface area contributed by atoms with Gasteiger partial charge in [-0.2, -0.15) is 0 Å². The minimum Gasteiger partial charge on any atom is -0.459 e. The maximum absolute atomic E-state index is 14.7. The lowest BCUT2D eigenvalue weighted by molar-refractivity contribution is -0.315. The molecular weight excluding hydrogens is 881 g/mol. The van der Waals surface area contributed by atoms with Crippen LogP contribution in [0.1, 0.15) is 94.9 Å². The number of oxime groups is 1. The predicted molar refractivity (Wildman–Crippen MR) is 260 cm³/mol. The van der Waals surface area contributed by atoms with Gasteiger partial charge >= 0.3 is 5.97 Å². The van der Waals surface area contributed by atoms with Crippen molar-refractivity contribution in [1.29, 1.82) is 0 Å². The first-order chi connectivity index (χ1) is 30.4. The smallest absolute Gasteiger partial charge is 0.311 e. The standard InChI is InChI=1S/C49H88N2O13Si2/c1-20-37-49(10,55)42(52)31(4)39(50-62-35-24-22-21-23-25-35)29(2)27-47(8,54)43(61-46-41(63-65(14,15)16)36(51(11)12)26-30(3)57-46)32(5)40(33(6)45(53)59-37)60-38-28-48(9,56-13)44(34(7)58-38)64-66(17,18)19/h21-25,29-34,36-38,40-44,46,52,54-55H,20,26-28H2,1-19H3/b50-39+/t29-,30+,31-,32-,33+,34-,36-,37+,38-,40-,41+,42+,43+,44-,46-,47+,48+,49+/m0/s1. The van der Waals surface area contributed by atoms with E-state index in [2.05, 4.69) is 49.3 Å². The molecule has 0 aromatic heterocycles. The zero-order valence-electron chi connectivity index (χ0n) is 43.7. The van der Waals surface area contributed by atoms with Crippen LogP contribution in [0.4, 0.5) is 0 Å². The van der Waals surface area contributed by atoms with Crippen molar-refractivity contribution >= 4 is 28.3 Å². The highest BCUT2D eigenvalue weighted by Crippen LogP contribution is 2.42. The molecule has 3 fully saturated rings. The molecule has 0 spiro atoms. The lowest BCUT2D eigenvalue weighted by atomic mass is 9.73. The number of hydrogen-bond donors (Lipinski definition) is 3. The van der Waals surface area contributed by atoms with Crippen LogP contribution in [0.25, 0.3) is 0 Å². The van der Waals surface area contributed by atoms with Crippen molar-refractivity contribution in [1.82, 2.24) is 4.90 Å². The van der Waals surface area contributed by atoms with Crippen molar-refractivity contribution in [3.8, 4) is 5.75 Å². The molecule has 3 aliphatic rings. The predicted octanol–water partition coefficient (Wildman–Crippen LogP) is 7.37.